The molecule has 112 valence electrons. The Kier molecular flexibility index (Phi) is 5.50. The summed E-state index contributed by atoms with van der Waals surface area (Å²) in [6.45, 7) is 2.87. The van der Waals surface area contributed by atoms with E-state index >= 15 is 0 Å². The standard InChI is InChI=1S/C15H16BrFN2OS/c1-10-3-5-13(12(17)7-10)18-15(20)9-19(2)8-11-4-6-14(16)21-11/h3-7H,8-9H2,1-2H3,(H,18,20)/p+1. The van der Waals surface area contributed by atoms with E-state index in [9.17, 15) is 9.18 Å². The fourth-order valence-corrected chi connectivity index (χ4v) is 3.59. The summed E-state index contributed by atoms with van der Waals surface area (Å²) in [5, 5.41) is 2.62. The summed E-state index contributed by atoms with van der Waals surface area (Å²) in [5.41, 5.74) is 1.06. The van der Waals surface area contributed by atoms with E-state index in [-0.39, 0.29) is 11.6 Å². The molecule has 21 heavy (non-hydrogen) atoms. The second-order valence-corrected chi connectivity index (χ2v) is 7.60. The largest absolute Gasteiger partial charge is 0.325 e. The van der Waals surface area contributed by atoms with Gasteiger partial charge in [-0.15, -0.1) is 11.3 Å². The van der Waals surface area contributed by atoms with Crippen LogP contribution in [-0.2, 0) is 11.3 Å². The van der Waals surface area contributed by atoms with Crippen molar-refractivity contribution < 1.29 is 14.1 Å². The first-order valence-corrected chi connectivity index (χ1v) is 8.16. The smallest absolute Gasteiger partial charge is 0.279 e. The van der Waals surface area contributed by atoms with E-state index in [2.05, 4.69) is 21.2 Å². The number of aryl methyl sites for hydroxylation is 1. The van der Waals surface area contributed by atoms with Crippen molar-refractivity contribution in [2.45, 2.75) is 13.5 Å². The second-order valence-electron chi connectivity index (χ2n) is 5.05. The molecule has 6 heteroatoms. The molecule has 0 saturated heterocycles. The zero-order valence-electron chi connectivity index (χ0n) is 11.9. The molecule has 0 aliphatic carbocycles. The highest BCUT2D eigenvalue weighted by Gasteiger charge is 2.13. The Morgan fingerprint density at radius 1 is 1.38 bits per heavy atom. The van der Waals surface area contributed by atoms with Gasteiger partial charge in [0.05, 0.1) is 21.4 Å². The van der Waals surface area contributed by atoms with Crippen LogP contribution in [0, 0.1) is 12.7 Å². The maximum atomic E-state index is 13.7. The molecular formula is C15H17BrFN2OS+. The molecule has 0 radical (unpaired) electrons. The average molecular weight is 372 g/mol. The quantitative estimate of drug-likeness (QED) is 0.831. The summed E-state index contributed by atoms with van der Waals surface area (Å²) < 4.78 is 14.8. The number of likely N-dealkylation sites (N-methyl/N-ethyl adjacent to an activating group) is 1. The van der Waals surface area contributed by atoms with Crippen molar-refractivity contribution in [1.29, 1.82) is 0 Å². The second kappa shape index (κ2) is 7.15. The first kappa shape index (κ1) is 16.1. The minimum atomic E-state index is -0.400. The number of amides is 1. The van der Waals surface area contributed by atoms with Gasteiger partial charge < -0.3 is 10.2 Å². The van der Waals surface area contributed by atoms with Crippen LogP contribution in [0.25, 0.3) is 0 Å². The minimum absolute atomic E-state index is 0.189. The molecule has 2 rings (SSSR count). The van der Waals surface area contributed by atoms with Gasteiger partial charge in [-0.2, -0.15) is 0 Å². The van der Waals surface area contributed by atoms with Crippen molar-refractivity contribution in [2.75, 3.05) is 18.9 Å². The van der Waals surface area contributed by atoms with Gasteiger partial charge in [0, 0.05) is 0 Å². The predicted octanol–water partition coefficient (Wildman–Crippen LogP) is 2.61. The average Bonchev–Trinajstić information content (AvgIpc) is 2.78. The van der Waals surface area contributed by atoms with Gasteiger partial charge >= 0.3 is 0 Å². The Bertz CT molecular complexity index is 644. The summed E-state index contributed by atoms with van der Waals surface area (Å²) in [6.07, 6.45) is 0. The maximum Gasteiger partial charge on any atom is 0.279 e. The van der Waals surface area contributed by atoms with E-state index in [0.29, 0.717) is 6.54 Å². The molecule has 0 aliphatic rings. The molecule has 2 aromatic rings. The van der Waals surface area contributed by atoms with Crippen LogP contribution < -0.4 is 10.2 Å². The van der Waals surface area contributed by atoms with Crippen molar-refractivity contribution in [3.63, 3.8) is 0 Å². The fourth-order valence-electron chi connectivity index (χ4n) is 2.00. The molecule has 1 heterocycles. The van der Waals surface area contributed by atoms with Gasteiger partial charge in [0.1, 0.15) is 12.4 Å². The molecule has 3 nitrogen and oxygen atoms in total. The monoisotopic (exact) mass is 371 g/mol. The van der Waals surface area contributed by atoms with Gasteiger partial charge in [0.25, 0.3) is 5.91 Å². The van der Waals surface area contributed by atoms with E-state index in [1.165, 1.54) is 10.9 Å². The highest BCUT2D eigenvalue weighted by atomic mass is 79.9. The molecular weight excluding hydrogens is 355 g/mol. The fraction of sp³-hybridized carbons (Fsp3) is 0.267. The Hall–Kier alpha value is -1.24. The SMILES string of the molecule is Cc1ccc(NC(=O)C[NH+](C)Cc2ccc(Br)s2)c(F)c1. The van der Waals surface area contributed by atoms with Crippen LogP contribution in [-0.4, -0.2) is 19.5 Å². The molecule has 1 aromatic heterocycles. The summed E-state index contributed by atoms with van der Waals surface area (Å²) in [7, 11) is 1.94. The van der Waals surface area contributed by atoms with Crippen molar-refractivity contribution in [3.05, 3.63) is 50.4 Å². The Morgan fingerprint density at radius 2 is 2.14 bits per heavy atom. The highest BCUT2D eigenvalue weighted by molar-refractivity contribution is 9.11. The third-order valence-corrected chi connectivity index (χ3v) is 4.59. The Labute approximate surface area is 135 Å². The summed E-state index contributed by atoms with van der Waals surface area (Å²) in [6, 6.07) is 8.81. The number of thiophene rings is 1. The number of halogens is 2. The summed E-state index contributed by atoms with van der Waals surface area (Å²) >= 11 is 5.07. The number of benzene rings is 1. The molecule has 0 fully saturated rings. The van der Waals surface area contributed by atoms with Crippen LogP contribution in [0.5, 0.6) is 0 Å². The van der Waals surface area contributed by atoms with E-state index in [1.54, 1.807) is 23.5 Å². The lowest BCUT2D eigenvalue weighted by Gasteiger charge is -2.13. The van der Waals surface area contributed by atoms with Crippen LogP contribution in [0.3, 0.4) is 0 Å². The van der Waals surface area contributed by atoms with Crippen LogP contribution >= 0.6 is 27.3 Å². The molecule has 1 unspecified atom stereocenters. The summed E-state index contributed by atoms with van der Waals surface area (Å²) in [4.78, 5) is 14.2. The van der Waals surface area contributed by atoms with Crippen LogP contribution in [0.1, 0.15) is 10.4 Å². The van der Waals surface area contributed by atoms with Gasteiger partial charge in [-0.25, -0.2) is 4.39 Å². The number of quaternary nitrogens is 1. The van der Waals surface area contributed by atoms with Crippen molar-refractivity contribution in [2.24, 2.45) is 0 Å². The number of nitrogens with one attached hydrogen (secondary N) is 2. The van der Waals surface area contributed by atoms with Gasteiger partial charge in [0.2, 0.25) is 0 Å². The zero-order chi connectivity index (χ0) is 15.4. The number of hydrogen-bond acceptors (Lipinski definition) is 2. The van der Waals surface area contributed by atoms with E-state index < -0.39 is 5.82 Å². The van der Waals surface area contributed by atoms with Gasteiger partial charge in [0.15, 0.2) is 6.54 Å². The number of anilines is 1. The van der Waals surface area contributed by atoms with E-state index in [4.69, 9.17) is 0 Å². The molecule has 1 atom stereocenters. The molecule has 1 aromatic carbocycles. The van der Waals surface area contributed by atoms with Crippen molar-refractivity contribution >= 4 is 38.9 Å². The van der Waals surface area contributed by atoms with E-state index in [1.807, 2.05) is 26.1 Å². The first-order valence-electron chi connectivity index (χ1n) is 6.55. The van der Waals surface area contributed by atoms with E-state index in [0.717, 1.165) is 20.8 Å². The van der Waals surface area contributed by atoms with Crippen LogP contribution in [0.4, 0.5) is 10.1 Å². The topological polar surface area (TPSA) is 33.5 Å². The Morgan fingerprint density at radius 3 is 2.76 bits per heavy atom. The van der Waals surface area contributed by atoms with Gasteiger partial charge in [-0.1, -0.05) is 6.07 Å². The molecule has 2 N–H and O–H groups in total. The minimum Gasteiger partial charge on any atom is -0.325 e. The Balaban J connectivity index is 1.89. The summed E-state index contributed by atoms with van der Waals surface area (Å²) in [5.74, 6) is -0.589. The third-order valence-electron chi connectivity index (χ3n) is 2.97. The maximum absolute atomic E-state index is 13.7. The van der Waals surface area contributed by atoms with Crippen LogP contribution in [0.2, 0.25) is 0 Å². The first-order chi connectivity index (χ1) is 9.94. The van der Waals surface area contributed by atoms with Crippen molar-refractivity contribution in [1.82, 2.24) is 0 Å². The zero-order valence-corrected chi connectivity index (χ0v) is 14.3. The lowest BCUT2D eigenvalue weighted by atomic mass is 10.2. The molecule has 1 amide bonds. The predicted molar refractivity (Wildman–Crippen MR) is 87.2 cm³/mol. The number of carbonyl (C=O) groups is 1. The van der Waals surface area contributed by atoms with Gasteiger partial charge in [-0.3, -0.25) is 4.79 Å². The molecule has 0 aliphatic heterocycles. The molecule has 0 spiro atoms. The van der Waals surface area contributed by atoms with Crippen LogP contribution in [0.15, 0.2) is 34.1 Å². The molecule has 0 saturated carbocycles. The lowest BCUT2D eigenvalue weighted by molar-refractivity contribution is -0.884. The normalized spacial score (nSPS) is 12.2. The number of carbonyl (C=O) groups excluding carboxylic acids is 1. The third kappa shape index (κ3) is 4.91. The highest BCUT2D eigenvalue weighted by Crippen LogP contribution is 2.21. The number of hydrogen-bond donors (Lipinski definition) is 2. The molecule has 0 bridgehead atoms. The van der Waals surface area contributed by atoms with Gasteiger partial charge in [-0.05, 0) is 52.7 Å². The number of rotatable bonds is 5. The van der Waals surface area contributed by atoms with Crippen molar-refractivity contribution in [3.8, 4) is 0 Å². The lowest BCUT2D eigenvalue weighted by Crippen LogP contribution is -3.08.